The summed E-state index contributed by atoms with van der Waals surface area (Å²) in [5.74, 6) is -3.53. The summed E-state index contributed by atoms with van der Waals surface area (Å²) in [5, 5.41) is 38.4. The first-order valence-corrected chi connectivity index (χ1v) is 23.7. The molecule has 1 aromatic carbocycles. The van der Waals surface area contributed by atoms with E-state index in [1.807, 2.05) is 6.07 Å². The lowest BCUT2D eigenvalue weighted by atomic mass is 9.42. The largest absolute Gasteiger partial charge is 0.455 e. The van der Waals surface area contributed by atoms with E-state index in [2.05, 4.69) is 43.1 Å². The number of likely N-dealkylation sites (tertiary alicyclic amines) is 1. The van der Waals surface area contributed by atoms with Crippen molar-refractivity contribution in [1.82, 2.24) is 4.90 Å². The number of carbonyl (C=O) groups excluding carboxylic acids is 2. The number of esters is 2. The van der Waals surface area contributed by atoms with Gasteiger partial charge >= 0.3 is 11.9 Å². The quantitative estimate of drug-likeness (QED) is 0.0631. The number of fused-ring (bicyclic) bond motifs is 2. The Morgan fingerprint density at radius 1 is 0.839 bits per heavy atom. The van der Waals surface area contributed by atoms with Crippen LogP contribution < -0.4 is 0 Å². The summed E-state index contributed by atoms with van der Waals surface area (Å²) in [5.41, 5.74) is -4.87. The van der Waals surface area contributed by atoms with Gasteiger partial charge in [0.25, 0.3) is 0 Å². The van der Waals surface area contributed by atoms with E-state index in [0.717, 1.165) is 44.9 Å². The van der Waals surface area contributed by atoms with Gasteiger partial charge in [0, 0.05) is 82.5 Å². The third-order valence-corrected chi connectivity index (χ3v) is 16.5. The van der Waals surface area contributed by atoms with Gasteiger partial charge < -0.3 is 43.7 Å². The number of hydrogen-bond donors (Lipinski definition) is 3. The van der Waals surface area contributed by atoms with Gasteiger partial charge in [-0.3, -0.25) is 9.69 Å². The number of carbonyl (C=O) groups is 2. The highest BCUT2D eigenvalue weighted by molar-refractivity contribution is 5.89. The van der Waals surface area contributed by atoms with E-state index >= 15 is 0 Å². The maximum absolute atomic E-state index is 14.6. The van der Waals surface area contributed by atoms with Crippen LogP contribution in [0.1, 0.15) is 114 Å². The van der Waals surface area contributed by atoms with Crippen LogP contribution in [-0.4, -0.2) is 134 Å². The first-order chi connectivity index (χ1) is 30.0. The molecule has 0 aromatic heterocycles. The predicted molar refractivity (Wildman–Crippen MR) is 234 cm³/mol. The first-order valence-electron chi connectivity index (χ1n) is 23.7. The summed E-state index contributed by atoms with van der Waals surface area (Å²) in [7, 11) is 6.40. The Bertz CT molecular complexity index is 1720. The number of unbranched alkanes of at least 4 members (excludes halogenated alkanes) is 8. The molecule has 1 heterocycles. The third kappa shape index (κ3) is 7.54. The minimum Gasteiger partial charge on any atom is -0.455 e. The van der Waals surface area contributed by atoms with E-state index in [-0.39, 0.29) is 31.4 Å². The first kappa shape index (κ1) is 47.3. The Labute approximate surface area is 369 Å². The maximum Gasteiger partial charge on any atom is 0.338 e. The van der Waals surface area contributed by atoms with Crippen molar-refractivity contribution in [1.29, 1.82) is 0 Å². The number of piperidine rings is 1. The molecule has 1 saturated heterocycles. The lowest BCUT2D eigenvalue weighted by molar-refractivity contribution is -0.323. The second kappa shape index (κ2) is 19.8. The van der Waals surface area contributed by atoms with E-state index in [9.17, 15) is 24.9 Å². The summed E-state index contributed by atoms with van der Waals surface area (Å²) < 4.78 is 38.7. The van der Waals surface area contributed by atoms with E-state index in [1.54, 1.807) is 45.6 Å². The third-order valence-electron chi connectivity index (χ3n) is 16.5. The number of benzene rings is 1. The maximum atomic E-state index is 14.6. The number of nitrogens with zero attached hydrogens (tertiary/aromatic N) is 1. The molecule has 12 nitrogen and oxygen atoms in total. The summed E-state index contributed by atoms with van der Waals surface area (Å²) in [4.78, 5) is 31.0. The van der Waals surface area contributed by atoms with Gasteiger partial charge in [-0.25, -0.2) is 4.79 Å². The number of hydrogen-bond acceptors (Lipinski definition) is 12. The molecule has 5 aliphatic carbocycles. The Morgan fingerprint density at radius 2 is 1.53 bits per heavy atom. The van der Waals surface area contributed by atoms with Crippen LogP contribution in [-0.2, 0) is 33.2 Å². The molecule has 3 N–H and O–H groups in total. The second-order valence-electron chi connectivity index (χ2n) is 19.3. The monoisotopic (exact) mass is 866 g/mol. The number of rotatable bonds is 23. The number of methoxy groups -OCH3 is 4. The van der Waals surface area contributed by atoms with Gasteiger partial charge in [-0.15, -0.1) is 0 Å². The van der Waals surface area contributed by atoms with E-state index in [0.29, 0.717) is 31.5 Å². The highest BCUT2D eigenvalue weighted by atomic mass is 16.6. The van der Waals surface area contributed by atoms with Crippen molar-refractivity contribution in [3.8, 4) is 0 Å². The van der Waals surface area contributed by atoms with Gasteiger partial charge in [0.1, 0.15) is 23.9 Å². The Hall–Kier alpha value is -2.68. The SMILES string of the molecule is CCCCC/C=C\C/C=C\CCCCCCCC(=O)O[C@]12[C@H]3[C@@H](OC(=O)c4ccccc4)[C@](O)(C[C@H]3[C@@]34C5[C@@H]1[C@H](OC)[C@@H]3[C@](COC)(CN5CC)[C@H](O)C[C@@H]4OC)[C@@H](OC)[C@@H]2O. The molecule has 0 amide bonds. The molecule has 1 aromatic rings. The van der Waals surface area contributed by atoms with Gasteiger partial charge in [-0.2, -0.15) is 0 Å². The second-order valence-corrected chi connectivity index (χ2v) is 19.3. The van der Waals surface area contributed by atoms with Crippen LogP contribution in [0.25, 0.3) is 0 Å². The molecule has 62 heavy (non-hydrogen) atoms. The molecular formula is C50H75NO11. The predicted octanol–water partition coefficient (Wildman–Crippen LogP) is 6.44. The Kier molecular flexibility index (Phi) is 15.1. The molecule has 1 unspecified atom stereocenters. The Morgan fingerprint density at radius 3 is 2.18 bits per heavy atom. The van der Waals surface area contributed by atoms with Gasteiger partial charge in [0.2, 0.25) is 0 Å². The number of ether oxygens (including phenoxy) is 6. The van der Waals surface area contributed by atoms with Crippen LogP contribution in [0.15, 0.2) is 54.6 Å². The van der Waals surface area contributed by atoms with Crippen LogP contribution in [0.2, 0.25) is 0 Å². The standard InChI is InChI=1S/C50H75NO11/c1-7-9-10-11-12-13-14-15-16-17-18-19-20-21-25-28-37(53)62-50-38-34(30-48(56,45(60-6)43(50)54)44(38)61-46(55)33-26-23-22-24-27-33)49-36(58-4)29-35(52)47(32-57-3)31-51(8-2)42(49)39(50)40(59-5)41(47)49/h12-13,15-16,22-24,26-27,34-36,38-45,52,54,56H,7-11,14,17-21,25,28-32H2,1-6H3/b13-12-,16-15-/t34-,35-,36+,38-,39+,40+,41-,42?,43+,44-,45+,47+,48-,49+,50-/m1/s1. The molecule has 12 heteroatoms. The van der Waals surface area contributed by atoms with Gasteiger partial charge in [0.15, 0.2) is 5.60 Å². The highest BCUT2D eigenvalue weighted by Gasteiger charge is 2.92. The highest BCUT2D eigenvalue weighted by Crippen LogP contribution is 2.80. The smallest absolute Gasteiger partial charge is 0.338 e. The van der Waals surface area contributed by atoms with Gasteiger partial charge in [0.05, 0.1) is 30.5 Å². The molecule has 1 spiro atoms. The summed E-state index contributed by atoms with van der Waals surface area (Å²) in [6.45, 7) is 5.63. The zero-order valence-corrected chi connectivity index (χ0v) is 38.1. The van der Waals surface area contributed by atoms with Crippen molar-refractivity contribution in [2.24, 2.45) is 34.5 Å². The van der Waals surface area contributed by atoms with E-state index in [4.69, 9.17) is 28.4 Å². The zero-order chi connectivity index (χ0) is 44.3. The molecular weight excluding hydrogens is 791 g/mol. The molecule has 1 aliphatic heterocycles. The topological polar surface area (TPSA) is 153 Å². The number of aliphatic hydroxyl groups is 3. The molecule has 7 rings (SSSR count). The van der Waals surface area contributed by atoms with Crippen molar-refractivity contribution in [3.05, 3.63) is 60.2 Å². The number of allylic oxidation sites excluding steroid dienone is 4. The van der Waals surface area contributed by atoms with Crippen molar-refractivity contribution in [2.45, 2.75) is 158 Å². The van der Waals surface area contributed by atoms with Gasteiger partial charge in [-0.05, 0) is 69.5 Å². The molecule has 6 aliphatic rings. The van der Waals surface area contributed by atoms with Crippen molar-refractivity contribution >= 4 is 11.9 Å². The number of aliphatic hydroxyl groups excluding tert-OH is 2. The van der Waals surface area contributed by atoms with Crippen molar-refractivity contribution < 1.29 is 53.3 Å². The summed E-state index contributed by atoms with van der Waals surface area (Å²) >= 11 is 0. The van der Waals surface area contributed by atoms with Gasteiger partial charge in [-0.1, -0.05) is 88.5 Å². The van der Waals surface area contributed by atoms with Crippen LogP contribution in [0.4, 0.5) is 0 Å². The summed E-state index contributed by atoms with van der Waals surface area (Å²) in [6, 6.07) is 8.29. The molecule has 15 atom stereocenters. The Balaban J connectivity index is 1.20. The van der Waals surface area contributed by atoms with E-state index < -0.39 is 88.3 Å². The fraction of sp³-hybridized carbons (Fsp3) is 0.760. The van der Waals surface area contributed by atoms with Crippen LogP contribution in [0.3, 0.4) is 0 Å². The molecule has 7 bridgehead atoms. The minimum absolute atomic E-state index is 0.0803. The molecule has 346 valence electrons. The average molecular weight is 866 g/mol. The minimum atomic E-state index is -1.85. The summed E-state index contributed by atoms with van der Waals surface area (Å²) in [6.07, 6.45) is 15.2. The molecule has 0 radical (unpaired) electrons. The zero-order valence-electron chi connectivity index (χ0n) is 38.1. The lowest BCUT2D eigenvalue weighted by Gasteiger charge is -2.70. The van der Waals surface area contributed by atoms with E-state index in [1.165, 1.54) is 26.4 Å². The van der Waals surface area contributed by atoms with Crippen molar-refractivity contribution in [3.63, 3.8) is 0 Å². The fourth-order valence-electron chi connectivity index (χ4n) is 14.4. The fourth-order valence-corrected chi connectivity index (χ4v) is 14.4. The van der Waals surface area contributed by atoms with Crippen LogP contribution >= 0.6 is 0 Å². The van der Waals surface area contributed by atoms with Crippen molar-refractivity contribution in [2.75, 3.05) is 48.1 Å². The van der Waals surface area contributed by atoms with Crippen LogP contribution in [0, 0.1) is 34.5 Å². The molecule has 6 fully saturated rings. The average Bonchev–Trinajstić information content (AvgIpc) is 3.65. The molecule has 5 saturated carbocycles. The normalized spacial score (nSPS) is 40.4. The lowest BCUT2D eigenvalue weighted by Crippen LogP contribution is -2.81. The van der Waals surface area contributed by atoms with Crippen LogP contribution in [0.5, 0.6) is 0 Å².